The van der Waals surface area contributed by atoms with Crippen LogP contribution in [-0.4, -0.2) is 23.9 Å². The summed E-state index contributed by atoms with van der Waals surface area (Å²) in [6.07, 6.45) is -2.32. The summed E-state index contributed by atoms with van der Waals surface area (Å²) in [6, 6.07) is 5.76. The summed E-state index contributed by atoms with van der Waals surface area (Å²) in [4.78, 5) is 30.1. The second-order valence-electron chi connectivity index (χ2n) is 8.97. The van der Waals surface area contributed by atoms with Gasteiger partial charge in [0.15, 0.2) is 0 Å². The number of hydrogen-bond donors (Lipinski definition) is 2. The third-order valence-corrected chi connectivity index (χ3v) is 8.24. The second-order valence-corrected chi connectivity index (χ2v) is 10.0. The molecule has 35 heavy (non-hydrogen) atoms. The Morgan fingerprint density at radius 2 is 1.91 bits per heavy atom. The Balaban J connectivity index is 1.49. The van der Waals surface area contributed by atoms with Crippen LogP contribution in [0.2, 0.25) is 0 Å². The molecule has 2 fully saturated rings. The summed E-state index contributed by atoms with van der Waals surface area (Å²) in [5.74, 6) is -2.65. The number of halogens is 4. The summed E-state index contributed by atoms with van der Waals surface area (Å²) in [7, 11) is 1.44. The highest BCUT2D eigenvalue weighted by molar-refractivity contribution is 7.19. The molecule has 1 aromatic heterocycles. The summed E-state index contributed by atoms with van der Waals surface area (Å²) in [6.45, 7) is 0. The average Bonchev–Trinajstić information content (AvgIpc) is 3.52. The van der Waals surface area contributed by atoms with Crippen LogP contribution in [0, 0.1) is 23.6 Å². The fourth-order valence-corrected chi connectivity index (χ4v) is 6.96. The molecule has 0 saturated heterocycles. The number of methoxy groups -OCH3 is 1. The van der Waals surface area contributed by atoms with Gasteiger partial charge >= 0.3 is 6.18 Å². The van der Waals surface area contributed by atoms with Crippen molar-refractivity contribution in [2.75, 3.05) is 12.4 Å². The SMILES string of the molecule is COc1ccc2nc([C@@H]3[C@H]4CC[C@H](C4)[C@@H]3C(=O)Nc3ccc(F)c(C(F)(F)F)c3)sc2c1C(N)=O. The molecule has 0 radical (unpaired) electrons. The number of nitrogens with one attached hydrogen (secondary N) is 1. The van der Waals surface area contributed by atoms with Gasteiger partial charge in [-0.2, -0.15) is 13.2 Å². The fourth-order valence-electron chi connectivity index (χ4n) is 5.61. The number of rotatable bonds is 5. The number of carbonyl (C=O) groups is 2. The van der Waals surface area contributed by atoms with E-state index in [1.165, 1.54) is 18.4 Å². The lowest BCUT2D eigenvalue weighted by molar-refractivity contribution is -0.140. The molecule has 2 amide bonds. The Kier molecular flexibility index (Phi) is 5.70. The topological polar surface area (TPSA) is 94.3 Å². The third kappa shape index (κ3) is 4.01. The van der Waals surface area contributed by atoms with E-state index in [4.69, 9.17) is 15.5 Å². The Morgan fingerprint density at radius 3 is 2.60 bits per heavy atom. The molecular weight excluding hydrogens is 486 g/mol. The molecule has 1 heterocycles. The number of carbonyl (C=O) groups excluding carboxylic acids is 2. The zero-order valence-corrected chi connectivity index (χ0v) is 19.3. The van der Waals surface area contributed by atoms with Crippen LogP contribution in [0.3, 0.4) is 0 Å². The van der Waals surface area contributed by atoms with Crippen LogP contribution in [0.5, 0.6) is 5.75 Å². The van der Waals surface area contributed by atoms with E-state index in [1.807, 2.05) is 0 Å². The fraction of sp³-hybridized carbons (Fsp3) is 0.375. The molecule has 2 bridgehead atoms. The zero-order valence-electron chi connectivity index (χ0n) is 18.5. The van der Waals surface area contributed by atoms with Gasteiger partial charge in [-0.1, -0.05) is 0 Å². The average molecular weight is 508 g/mol. The van der Waals surface area contributed by atoms with E-state index < -0.39 is 35.3 Å². The molecule has 2 aliphatic carbocycles. The summed E-state index contributed by atoms with van der Waals surface area (Å²) in [5, 5.41) is 3.25. The van der Waals surface area contributed by atoms with Crippen molar-refractivity contribution in [3.8, 4) is 5.75 Å². The molecule has 0 unspecified atom stereocenters. The number of thiazole rings is 1. The van der Waals surface area contributed by atoms with E-state index >= 15 is 0 Å². The number of amides is 2. The number of ether oxygens (including phenoxy) is 1. The van der Waals surface area contributed by atoms with Gasteiger partial charge in [0, 0.05) is 11.6 Å². The standard InChI is InChI=1S/C24H21F4N3O3S/c1-34-16-7-6-15-20(19(16)21(29)32)35-23(31-15)18-11-3-2-10(8-11)17(18)22(33)30-12-4-5-14(25)13(9-12)24(26,27)28/h4-7,9-11,17-18H,2-3,8H2,1H3,(H2,29,32)(H,30,33)/t10-,11+,17+,18-/m1/s1. The van der Waals surface area contributed by atoms with E-state index in [9.17, 15) is 27.2 Å². The van der Waals surface area contributed by atoms with Gasteiger partial charge in [0.05, 0.1) is 33.8 Å². The molecule has 0 aliphatic heterocycles. The minimum Gasteiger partial charge on any atom is -0.496 e. The predicted octanol–water partition coefficient (Wildman–Crippen LogP) is 5.33. The maximum Gasteiger partial charge on any atom is 0.419 e. The normalized spacial score (nSPS) is 23.6. The first-order valence-corrected chi connectivity index (χ1v) is 11.8. The smallest absolute Gasteiger partial charge is 0.419 e. The van der Waals surface area contributed by atoms with Gasteiger partial charge < -0.3 is 15.8 Å². The van der Waals surface area contributed by atoms with Crippen molar-refractivity contribution in [1.82, 2.24) is 4.98 Å². The number of nitrogens with two attached hydrogens (primary N) is 1. The van der Waals surface area contributed by atoms with Gasteiger partial charge in [0.2, 0.25) is 5.91 Å². The van der Waals surface area contributed by atoms with E-state index in [2.05, 4.69) is 5.32 Å². The van der Waals surface area contributed by atoms with Crippen molar-refractivity contribution in [3.05, 3.63) is 52.3 Å². The van der Waals surface area contributed by atoms with Gasteiger partial charge in [-0.3, -0.25) is 9.59 Å². The summed E-state index contributed by atoms with van der Waals surface area (Å²) >= 11 is 1.28. The Hall–Kier alpha value is -3.21. The van der Waals surface area contributed by atoms with Gasteiger partial charge in [0.1, 0.15) is 17.1 Å². The molecule has 3 N–H and O–H groups in total. The van der Waals surface area contributed by atoms with E-state index in [0.717, 1.165) is 25.3 Å². The largest absolute Gasteiger partial charge is 0.496 e. The summed E-state index contributed by atoms with van der Waals surface area (Å²) < 4.78 is 58.9. The highest BCUT2D eigenvalue weighted by Gasteiger charge is 2.52. The number of fused-ring (bicyclic) bond motifs is 3. The number of alkyl halides is 3. The van der Waals surface area contributed by atoms with Gasteiger partial charge in [-0.05, 0) is 61.4 Å². The van der Waals surface area contributed by atoms with Crippen molar-refractivity contribution in [3.63, 3.8) is 0 Å². The monoisotopic (exact) mass is 507 g/mol. The highest BCUT2D eigenvalue weighted by Crippen LogP contribution is 2.58. The predicted molar refractivity (Wildman–Crippen MR) is 122 cm³/mol. The molecule has 0 spiro atoms. The maximum atomic E-state index is 13.7. The van der Waals surface area contributed by atoms with Gasteiger partial charge in [0.25, 0.3) is 5.91 Å². The van der Waals surface area contributed by atoms with Crippen LogP contribution < -0.4 is 15.8 Å². The van der Waals surface area contributed by atoms with Crippen molar-refractivity contribution in [1.29, 1.82) is 0 Å². The number of benzene rings is 2. The number of aromatic nitrogens is 1. The van der Waals surface area contributed by atoms with Gasteiger partial charge in [-0.15, -0.1) is 11.3 Å². The molecular formula is C24H21F4N3O3S. The van der Waals surface area contributed by atoms with Crippen molar-refractivity contribution in [2.45, 2.75) is 31.4 Å². The molecule has 2 aromatic carbocycles. The van der Waals surface area contributed by atoms with Crippen LogP contribution in [0.15, 0.2) is 30.3 Å². The van der Waals surface area contributed by atoms with Crippen molar-refractivity contribution >= 4 is 39.1 Å². The first-order valence-electron chi connectivity index (χ1n) is 11.0. The van der Waals surface area contributed by atoms with Crippen LogP contribution >= 0.6 is 11.3 Å². The van der Waals surface area contributed by atoms with E-state index in [0.29, 0.717) is 33.1 Å². The van der Waals surface area contributed by atoms with Crippen molar-refractivity contribution in [2.24, 2.45) is 23.5 Å². The number of primary amides is 1. The lowest BCUT2D eigenvalue weighted by atomic mass is 9.79. The first-order chi connectivity index (χ1) is 16.6. The molecule has 3 aromatic rings. The molecule has 184 valence electrons. The van der Waals surface area contributed by atoms with Crippen LogP contribution in [0.25, 0.3) is 10.2 Å². The number of nitrogens with zero attached hydrogens (tertiary/aromatic N) is 1. The lowest BCUT2D eigenvalue weighted by Gasteiger charge is -2.28. The lowest BCUT2D eigenvalue weighted by Crippen LogP contribution is -2.32. The van der Waals surface area contributed by atoms with E-state index in [-0.39, 0.29) is 29.0 Å². The molecule has 2 aliphatic rings. The Labute approximate surface area is 201 Å². The Bertz CT molecular complexity index is 1340. The Morgan fingerprint density at radius 1 is 1.17 bits per heavy atom. The molecule has 2 saturated carbocycles. The quantitative estimate of drug-likeness (QED) is 0.457. The minimum absolute atomic E-state index is 0.0599. The molecule has 4 atom stereocenters. The van der Waals surface area contributed by atoms with Crippen LogP contribution in [-0.2, 0) is 11.0 Å². The van der Waals surface area contributed by atoms with Crippen LogP contribution in [0.1, 0.15) is 46.1 Å². The minimum atomic E-state index is -4.88. The van der Waals surface area contributed by atoms with Crippen LogP contribution in [0.4, 0.5) is 23.2 Å². The van der Waals surface area contributed by atoms with Crippen molar-refractivity contribution < 1.29 is 31.9 Å². The molecule has 11 heteroatoms. The first kappa shape index (κ1) is 23.5. The zero-order chi connectivity index (χ0) is 25.1. The van der Waals surface area contributed by atoms with E-state index in [1.54, 1.807) is 12.1 Å². The second kappa shape index (κ2) is 8.47. The number of anilines is 1. The molecule has 5 rings (SSSR count). The summed E-state index contributed by atoms with van der Waals surface area (Å²) in [5.41, 5.74) is 4.83. The number of hydrogen-bond acceptors (Lipinski definition) is 5. The molecule has 6 nitrogen and oxygen atoms in total. The van der Waals surface area contributed by atoms with Gasteiger partial charge in [-0.25, -0.2) is 9.37 Å². The highest BCUT2D eigenvalue weighted by atomic mass is 32.1. The third-order valence-electron chi connectivity index (χ3n) is 7.05. The maximum absolute atomic E-state index is 13.7.